The number of amides is 1. The smallest absolute Gasteiger partial charge is 0.227 e. The van der Waals surface area contributed by atoms with Crippen molar-refractivity contribution in [1.82, 2.24) is 15.2 Å². The van der Waals surface area contributed by atoms with Crippen LogP contribution in [0.5, 0.6) is 0 Å². The van der Waals surface area contributed by atoms with E-state index in [0.29, 0.717) is 16.9 Å². The van der Waals surface area contributed by atoms with Gasteiger partial charge in [0.25, 0.3) is 0 Å². The number of pyridine rings is 1. The number of aromatic nitrogens is 3. The first kappa shape index (κ1) is 18.0. The first-order valence-corrected chi connectivity index (χ1v) is 9.84. The zero-order chi connectivity index (χ0) is 18.8. The molecule has 2 N–H and O–H groups in total. The van der Waals surface area contributed by atoms with Crippen LogP contribution in [0.2, 0.25) is 5.02 Å². The molecule has 1 aliphatic carbocycles. The summed E-state index contributed by atoms with van der Waals surface area (Å²) in [6.07, 6.45) is 7.91. The second-order valence-electron chi connectivity index (χ2n) is 7.43. The molecule has 4 rings (SSSR count). The molecular formula is C21H23ClN4O. The molecule has 6 heteroatoms. The molecule has 5 nitrogen and oxygen atoms in total. The molecule has 0 unspecified atom stereocenters. The van der Waals surface area contributed by atoms with Gasteiger partial charge in [0.05, 0.1) is 11.7 Å². The number of halogens is 1. The Morgan fingerprint density at radius 2 is 1.93 bits per heavy atom. The van der Waals surface area contributed by atoms with Crippen LogP contribution in [-0.2, 0) is 4.79 Å². The fraction of sp³-hybridized carbons (Fsp3) is 0.381. The summed E-state index contributed by atoms with van der Waals surface area (Å²) in [5.41, 5.74) is 4.07. The van der Waals surface area contributed by atoms with Crippen LogP contribution in [0, 0.1) is 11.8 Å². The Morgan fingerprint density at radius 1 is 1.19 bits per heavy atom. The maximum Gasteiger partial charge on any atom is 0.227 e. The summed E-state index contributed by atoms with van der Waals surface area (Å²) in [4.78, 5) is 17.0. The van der Waals surface area contributed by atoms with Gasteiger partial charge >= 0.3 is 0 Å². The highest BCUT2D eigenvalue weighted by Crippen LogP contribution is 2.40. The van der Waals surface area contributed by atoms with Crippen LogP contribution in [0.3, 0.4) is 0 Å². The first-order valence-electron chi connectivity index (χ1n) is 9.46. The van der Waals surface area contributed by atoms with Gasteiger partial charge in [0.2, 0.25) is 5.91 Å². The van der Waals surface area contributed by atoms with E-state index >= 15 is 0 Å². The minimum absolute atomic E-state index is 0.00811. The molecule has 3 aromatic rings. The Labute approximate surface area is 163 Å². The van der Waals surface area contributed by atoms with Crippen LogP contribution < -0.4 is 5.32 Å². The number of nitrogens with zero attached hydrogens (tertiary/aromatic N) is 2. The third-order valence-electron chi connectivity index (χ3n) is 5.82. The lowest BCUT2D eigenvalue weighted by Gasteiger charge is -2.32. The number of carbonyl (C=O) groups is 1. The third kappa shape index (κ3) is 3.83. The number of carbonyl (C=O) groups excluding carboxylic acids is 1. The van der Waals surface area contributed by atoms with Crippen molar-refractivity contribution in [3.8, 4) is 0 Å². The summed E-state index contributed by atoms with van der Waals surface area (Å²) in [5, 5.41) is 10.9. The van der Waals surface area contributed by atoms with Crippen LogP contribution in [0.15, 0.2) is 42.7 Å². The van der Waals surface area contributed by atoms with E-state index in [9.17, 15) is 4.79 Å². The normalized spacial score (nSPS) is 21.1. The lowest BCUT2D eigenvalue weighted by atomic mass is 9.74. The molecule has 1 atom stereocenters. The summed E-state index contributed by atoms with van der Waals surface area (Å²) < 4.78 is 0. The van der Waals surface area contributed by atoms with Crippen molar-refractivity contribution in [3.05, 3.63) is 53.3 Å². The van der Waals surface area contributed by atoms with Crippen molar-refractivity contribution in [3.63, 3.8) is 0 Å². The molecule has 1 aliphatic rings. The molecule has 1 saturated carbocycles. The fourth-order valence-electron chi connectivity index (χ4n) is 4.15. The maximum atomic E-state index is 12.6. The average molecular weight is 383 g/mol. The van der Waals surface area contributed by atoms with E-state index in [2.05, 4.69) is 26.6 Å². The van der Waals surface area contributed by atoms with E-state index in [1.807, 2.05) is 25.3 Å². The van der Waals surface area contributed by atoms with Gasteiger partial charge in [-0.25, -0.2) is 0 Å². The van der Waals surface area contributed by atoms with E-state index in [0.717, 1.165) is 42.4 Å². The first-order chi connectivity index (χ1) is 13.1. The van der Waals surface area contributed by atoms with Gasteiger partial charge in [-0.05, 0) is 73.4 Å². The highest BCUT2D eigenvalue weighted by Gasteiger charge is 2.30. The van der Waals surface area contributed by atoms with E-state index in [1.165, 1.54) is 5.56 Å². The second kappa shape index (κ2) is 7.69. The van der Waals surface area contributed by atoms with Gasteiger partial charge in [-0.3, -0.25) is 14.9 Å². The molecule has 1 fully saturated rings. The molecule has 0 bridgehead atoms. The summed E-state index contributed by atoms with van der Waals surface area (Å²) in [6, 6.07) is 9.35. The number of H-pyrrole nitrogens is 1. The SMILES string of the molecule is C[C@H](C(=O)Nc1ccc(Cl)cc1)[C@H]1CC[C@H](c2ccnc3cn[nH]c32)CC1. The summed E-state index contributed by atoms with van der Waals surface area (Å²) in [5.74, 6) is 0.984. The third-order valence-corrected chi connectivity index (χ3v) is 6.07. The van der Waals surface area contributed by atoms with Gasteiger partial charge in [0.1, 0.15) is 5.52 Å². The number of hydrogen-bond acceptors (Lipinski definition) is 3. The topological polar surface area (TPSA) is 70.7 Å². The molecule has 0 spiro atoms. The minimum atomic E-state index is -0.00811. The molecule has 0 saturated heterocycles. The van der Waals surface area contributed by atoms with Crippen LogP contribution >= 0.6 is 11.6 Å². The van der Waals surface area contributed by atoms with Gasteiger partial charge < -0.3 is 5.32 Å². The van der Waals surface area contributed by atoms with Gasteiger partial charge in [0, 0.05) is 22.8 Å². The molecule has 1 amide bonds. The molecule has 2 heterocycles. The lowest BCUT2D eigenvalue weighted by Crippen LogP contribution is -2.29. The van der Waals surface area contributed by atoms with Crippen LogP contribution in [0.4, 0.5) is 5.69 Å². The van der Waals surface area contributed by atoms with Gasteiger partial charge in [-0.2, -0.15) is 5.10 Å². The molecule has 0 aliphatic heterocycles. The van der Waals surface area contributed by atoms with E-state index in [4.69, 9.17) is 11.6 Å². The number of fused-ring (bicyclic) bond motifs is 1. The summed E-state index contributed by atoms with van der Waals surface area (Å²) >= 11 is 5.90. The predicted octanol–water partition coefficient (Wildman–Crippen LogP) is 5.16. The molecule has 140 valence electrons. The van der Waals surface area contributed by atoms with Crippen molar-refractivity contribution < 1.29 is 4.79 Å². The second-order valence-corrected chi connectivity index (χ2v) is 7.86. The Hall–Kier alpha value is -2.40. The summed E-state index contributed by atoms with van der Waals surface area (Å²) in [7, 11) is 0. The number of anilines is 1. The van der Waals surface area contributed by atoms with Gasteiger partial charge in [-0.15, -0.1) is 0 Å². The zero-order valence-corrected chi connectivity index (χ0v) is 16.0. The Kier molecular flexibility index (Phi) is 5.12. The number of aromatic amines is 1. The van der Waals surface area contributed by atoms with Crippen LogP contribution in [0.1, 0.15) is 44.1 Å². The highest BCUT2D eigenvalue weighted by molar-refractivity contribution is 6.30. The average Bonchev–Trinajstić information content (AvgIpc) is 3.18. The quantitative estimate of drug-likeness (QED) is 0.654. The maximum absolute atomic E-state index is 12.6. The largest absolute Gasteiger partial charge is 0.326 e. The van der Waals surface area contributed by atoms with Crippen molar-refractivity contribution in [2.45, 2.75) is 38.5 Å². The Morgan fingerprint density at radius 3 is 2.67 bits per heavy atom. The molecule has 27 heavy (non-hydrogen) atoms. The number of benzene rings is 1. The van der Waals surface area contributed by atoms with E-state index in [1.54, 1.807) is 18.3 Å². The Bertz CT molecular complexity index is 929. The molecule has 2 aromatic heterocycles. The van der Waals surface area contributed by atoms with Crippen molar-refractivity contribution in [2.75, 3.05) is 5.32 Å². The number of rotatable bonds is 4. The number of hydrogen-bond donors (Lipinski definition) is 2. The van der Waals surface area contributed by atoms with Crippen LogP contribution in [0.25, 0.3) is 11.0 Å². The van der Waals surface area contributed by atoms with E-state index in [-0.39, 0.29) is 11.8 Å². The number of nitrogens with one attached hydrogen (secondary N) is 2. The fourth-order valence-corrected chi connectivity index (χ4v) is 4.27. The minimum Gasteiger partial charge on any atom is -0.326 e. The van der Waals surface area contributed by atoms with Crippen LogP contribution in [-0.4, -0.2) is 21.1 Å². The standard InChI is InChI=1S/C21H23ClN4O/c1-13(21(27)25-17-8-6-16(22)7-9-17)14-2-4-15(5-3-14)18-10-11-23-19-12-24-26-20(18)19/h6-15H,2-5H2,1H3,(H,24,26)(H,25,27)/t13-,14-,15-/m0/s1. The lowest BCUT2D eigenvalue weighted by molar-refractivity contribution is -0.121. The highest BCUT2D eigenvalue weighted by atomic mass is 35.5. The van der Waals surface area contributed by atoms with Gasteiger partial charge in [0.15, 0.2) is 0 Å². The predicted molar refractivity (Wildman–Crippen MR) is 108 cm³/mol. The van der Waals surface area contributed by atoms with E-state index < -0.39 is 0 Å². The monoisotopic (exact) mass is 382 g/mol. The zero-order valence-electron chi connectivity index (χ0n) is 15.3. The summed E-state index contributed by atoms with van der Waals surface area (Å²) in [6.45, 7) is 2.04. The Balaban J connectivity index is 1.37. The molecule has 1 aromatic carbocycles. The van der Waals surface area contributed by atoms with Crippen molar-refractivity contribution >= 4 is 34.2 Å². The van der Waals surface area contributed by atoms with Crippen molar-refractivity contribution in [2.24, 2.45) is 11.8 Å². The molecular weight excluding hydrogens is 360 g/mol. The molecule has 0 radical (unpaired) electrons. The van der Waals surface area contributed by atoms with Crippen molar-refractivity contribution in [1.29, 1.82) is 0 Å². The van der Waals surface area contributed by atoms with Gasteiger partial charge in [-0.1, -0.05) is 18.5 Å².